The van der Waals surface area contributed by atoms with Gasteiger partial charge < -0.3 is 0 Å². The van der Waals surface area contributed by atoms with Crippen molar-refractivity contribution in [3.05, 3.63) is 34.1 Å². The van der Waals surface area contributed by atoms with Crippen molar-refractivity contribution < 1.29 is 4.39 Å². The molecule has 0 saturated carbocycles. The van der Waals surface area contributed by atoms with E-state index in [-0.39, 0.29) is 11.9 Å². The Morgan fingerprint density at radius 2 is 2.33 bits per heavy atom. The summed E-state index contributed by atoms with van der Waals surface area (Å²) in [5.41, 5.74) is 4.03. The average Bonchev–Trinajstić information content (AvgIpc) is 2.41. The van der Waals surface area contributed by atoms with E-state index in [0.29, 0.717) is 9.72 Å². The summed E-state index contributed by atoms with van der Waals surface area (Å²) in [6.45, 7) is 0. The number of hydrogen-bond acceptors (Lipinski definition) is 3. The number of thioether (sulfide) groups is 1. The van der Waals surface area contributed by atoms with Crippen LogP contribution in [0.5, 0.6) is 0 Å². The van der Waals surface area contributed by atoms with Crippen LogP contribution in [0.2, 0.25) is 0 Å². The Morgan fingerprint density at radius 3 is 2.94 bits per heavy atom. The number of hydrazine groups is 1. The first-order valence-corrected chi connectivity index (χ1v) is 8.06. The third-order valence-corrected chi connectivity index (χ3v) is 5.44. The third kappa shape index (κ3) is 3.70. The lowest BCUT2D eigenvalue weighted by Crippen LogP contribution is -2.45. The zero-order chi connectivity index (χ0) is 13.0. The molecule has 2 nitrogen and oxygen atoms in total. The van der Waals surface area contributed by atoms with Crippen LogP contribution in [0, 0.1) is 5.82 Å². The molecule has 0 bridgehead atoms. The maximum absolute atomic E-state index is 13.2. The maximum Gasteiger partial charge on any atom is 0.137 e. The first-order valence-electron chi connectivity index (χ1n) is 6.22. The van der Waals surface area contributed by atoms with Gasteiger partial charge in [0.1, 0.15) is 5.82 Å². The summed E-state index contributed by atoms with van der Waals surface area (Å²) in [6.07, 6.45) is 4.64. The molecule has 2 rings (SSSR count). The summed E-state index contributed by atoms with van der Waals surface area (Å²) in [5, 5.41) is 0.563. The van der Waals surface area contributed by atoms with Crippen LogP contribution in [0.3, 0.4) is 0 Å². The maximum atomic E-state index is 13.2. The van der Waals surface area contributed by atoms with Crippen molar-refractivity contribution in [3.8, 4) is 0 Å². The molecule has 2 unspecified atom stereocenters. The number of nitrogens with one attached hydrogen (secondary N) is 1. The number of nitrogens with two attached hydrogens (primary N) is 1. The first-order chi connectivity index (χ1) is 8.70. The van der Waals surface area contributed by atoms with Gasteiger partial charge >= 0.3 is 0 Å². The molecule has 2 atom stereocenters. The molecule has 1 heterocycles. The molecule has 18 heavy (non-hydrogen) atoms. The summed E-state index contributed by atoms with van der Waals surface area (Å²) >= 11 is 5.22. The van der Waals surface area contributed by atoms with Gasteiger partial charge in [-0.25, -0.2) is 4.39 Å². The molecule has 1 fully saturated rings. The van der Waals surface area contributed by atoms with E-state index in [0.717, 1.165) is 12.0 Å². The molecule has 1 aromatic rings. The summed E-state index contributed by atoms with van der Waals surface area (Å²) in [5.74, 6) is 6.67. The summed E-state index contributed by atoms with van der Waals surface area (Å²) in [4.78, 5) is 0. The second kappa shape index (κ2) is 6.89. The zero-order valence-corrected chi connectivity index (χ0v) is 12.6. The lowest BCUT2D eigenvalue weighted by atomic mass is 10.00. The van der Waals surface area contributed by atoms with Crippen molar-refractivity contribution in [2.24, 2.45) is 5.84 Å². The second-order valence-corrected chi connectivity index (χ2v) is 6.83. The van der Waals surface area contributed by atoms with Crippen molar-refractivity contribution in [1.82, 2.24) is 5.43 Å². The van der Waals surface area contributed by atoms with E-state index in [2.05, 4.69) is 21.4 Å². The molecule has 1 aliphatic rings. The monoisotopic (exact) mass is 332 g/mol. The predicted molar refractivity (Wildman–Crippen MR) is 79.0 cm³/mol. The zero-order valence-electron chi connectivity index (χ0n) is 10.2. The highest BCUT2D eigenvalue weighted by Gasteiger charge is 2.23. The van der Waals surface area contributed by atoms with Crippen LogP contribution in [0.4, 0.5) is 4.39 Å². The van der Waals surface area contributed by atoms with E-state index >= 15 is 0 Å². The van der Waals surface area contributed by atoms with Crippen LogP contribution in [-0.4, -0.2) is 17.0 Å². The highest BCUT2D eigenvalue weighted by Crippen LogP contribution is 2.29. The summed E-state index contributed by atoms with van der Waals surface area (Å²) in [6, 6.07) is 5.43. The molecular formula is C13H18BrFN2S. The molecule has 0 radical (unpaired) electrons. The third-order valence-electron chi connectivity index (χ3n) is 3.32. The number of hydrogen-bond donors (Lipinski definition) is 2. The molecule has 0 amide bonds. The topological polar surface area (TPSA) is 38.0 Å². The number of rotatable bonds is 4. The fourth-order valence-electron chi connectivity index (χ4n) is 2.30. The van der Waals surface area contributed by atoms with Crippen molar-refractivity contribution in [1.29, 1.82) is 0 Å². The normalized spacial score (nSPS) is 21.8. The van der Waals surface area contributed by atoms with Crippen LogP contribution in [0.15, 0.2) is 22.7 Å². The lowest BCUT2D eigenvalue weighted by molar-refractivity contribution is 0.471. The summed E-state index contributed by atoms with van der Waals surface area (Å²) < 4.78 is 13.7. The largest absolute Gasteiger partial charge is 0.271 e. The minimum atomic E-state index is -0.219. The van der Waals surface area contributed by atoms with Gasteiger partial charge in [-0.2, -0.15) is 11.8 Å². The second-order valence-electron chi connectivity index (χ2n) is 4.63. The van der Waals surface area contributed by atoms with Gasteiger partial charge in [0.25, 0.3) is 0 Å². The van der Waals surface area contributed by atoms with E-state index in [4.69, 9.17) is 5.84 Å². The van der Waals surface area contributed by atoms with Gasteiger partial charge in [0, 0.05) is 11.3 Å². The first kappa shape index (κ1) is 14.3. The Morgan fingerprint density at radius 1 is 1.50 bits per heavy atom. The summed E-state index contributed by atoms with van der Waals surface area (Å²) in [7, 11) is 0. The van der Waals surface area contributed by atoms with Gasteiger partial charge in [0.05, 0.1) is 4.47 Å². The minimum absolute atomic E-state index is 0.219. The van der Waals surface area contributed by atoms with Gasteiger partial charge in [0.15, 0.2) is 0 Å². The van der Waals surface area contributed by atoms with E-state index in [1.165, 1.54) is 31.1 Å². The Bertz CT molecular complexity index is 397. The average molecular weight is 333 g/mol. The molecule has 0 aliphatic carbocycles. The van der Waals surface area contributed by atoms with Crippen LogP contribution >= 0.6 is 27.7 Å². The van der Waals surface area contributed by atoms with Gasteiger partial charge in [0.2, 0.25) is 0 Å². The van der Waals surface area contributed by atoms with Crippen LogP contribution in [-0.2, 0) is 6.42 Å². The lowest BCUT2D eigenvalue weighted by Gasteiger charge is -2.29. The molecule has 3 N–H and O–H groups in total. The van der Waals surface area contributed by atoms with Crippen molar-refractivity contribution in [2.75, 3.05) is 5.75 Å². The Hall–Kier alpha value is -0.100. The molecule has 5 heteroatoms. The minimum Gasteiger partial charge on any atom is -0.271 e. The van der Waals surface area contributed by atoms with Gasteiger partial charge in [-0.3, -0.25) is 11.3 Å². The van der Waals surface area contributed by atoms with Gasteiger partial charge in [-0.05, 0) is 58.6 Å². The Kier molecular flexibility index (Phi) is 5.48. The smallest absolute Gasteiger partial charge is 0.137 e. The fraction of sp³-hybridized carbons (Fsp3) is 0.538. The van der Waals surface area contributed by atoms with Crippen LogP contribution < -0.4 is 11.3 Å². The highest BCUT2D eigenvalue weighted by molar-refractivity contribution is 9.10. The molecule has 0 aromatic heterocycles. The van der Waals surface area contributed by atoms with Crippen molar-refractivity contribution in [3.63, 3.8) is 0 Å². The van der Waals surface area contributed by atoms with Crippen molar-refractivity contribution >= 4 is 27.7 Å². The fourth-order valence-corrected chi connectivity index (χ4v) is 4.14. The van der Waals surface area contributed by atoms with Crippen LogP contribution in [0.1, 0.15) is 24.8 Å². The quantitative estimate of drug-likeness (QED) is 0.656. The predicted octanol–water partition coefficient (Wildman–Crippen LogP) is 3.25. The standard InChI is InChI=1S/C13H18BrFN2S/c14-10-7-9(4-5-11(10)15)8-12(17-16)13-3-1-2-6-18-13/h4-5,7,12-13,17H,1-3,6,8,16H2. The molecule has 100 valence electrons. The van der Waals surface area contributed by atoms with E-state index < -0.39 is 0 Å². The number of benzene rings is 1. The van der Waals surface area contributed by atoms with Gasteiger partial charge in [-0.15, -0.1) is 0 Å². The van der Waals surface area contributed by atoms with E-state index in [1.807, 2.05) is 23.9 Å². The SMILES string of the molecule is NNC(Cc1ccc(F)c(Br)c1)C1CCCCS1. The van der Waals surface area contributed by atoms with E-state index in [1.54, 1.807) is 0 Å². The van der Waals surface area contributed by atoms with Gasteiger partial charge in [-0.1, -0.05) is 12.5 Å². The highest BCUT2D eigenvalue weighted by atomic mass is 79.9. The Labute approximate surface area is 120 Å². The number of halogens is 2. The van der Waals surface area contributed by atoms with Crippen molar-refractivity contribution in [2.45, 2.75) is 37.0 Å². The molecule has 1 aromatic carbocycles. The van der Waals surface area contributed by atoms with E-state index in [9.17, 15) is 4.39 Å². The molecule has 0 spiro atoms. The van der Waals surface area contributed by atoms with Crippen LogP contribution in [0.25, 0.3) is 0 Å². The molecular weight excluding hydrogens is 315 g/mol. The Balaban J connectivity index is 2.02. The molecule has 1 saturated heterocycles. The molecule has 1 aliphatic heterocycles.